The van der Waals surface area contributed by atoms with Gasteiger partial charge in [0, 0.05) is 52.6 Å². The topological polar surface area (TPSA) is 86.6 Å². The smallest absolute Gasteiger partial charge is 0.319 e. The molecule has 2 aromatic carbocycles. The van der Waals surface area contributed by atoms with Crippen LogP contribution in [-0.4, -0.2) is 81.4 Å². The number of rotatable bonds is 6. The molecule has 7 heterocycles. The van der Waals surface area contributed by atoms with Gasteiger partial charge in [-0.2, -0.15) is 9.97 Å². The first-order valence-electron chi connectivity index (χ1n) is 17.2. The van der Waals surface area contributed by atoms with Crippen LogP contribution in [-0.2, 0) is 6.42 Å². The molecule has 2 unspecified atom stereocenters. The van der Waals surface area contributed by atoms with Gasteiger partial charge in [-0.05, 0) is 73.1 Å². The van der Waals surface area contributed by atoms with Crippen LogP contribution in [0.25, 0.3) is 32.9 Å². The molecule has 9 rings (SSSR count). The Labute approximate surface area is 258 Å². The highest BCUT2D eigenvalue weighted by Crippen LogP contribution is 2.42. The number of piperazine rings is 1. The van der Waals surface area contributed by atoms with E-state index in [1.165, 1.54) is 35.4 Å². The number of anilines is 1. The van der Waals surface area contributed by atoms with Gasteiger partial charge < -0.3 is 20.1 Å². The van der Waals surface area contributed by atoms with Crippen molar-refractivity contribution in [2.24, 2.45) is 0 Å². The lowest BCUT2D eigenvalue weighted by atomic mass is 9.92. The number of alkyl halides is 1. The highest BCUT2D eigenvalue weighted by molar-refractivity contribution is 6.01. The Hall–Kier alpha value is -3.70. The molecule has 5 aliphatic heterocycles. The maximum absolute atomic E-state index is 17.0. The summed E-state index contributed by atoms with van der Waals surface area (Å²) >= 11 is 0. The summed E-state index contributed by atoms with van der Waals surface area (Å²) in [5.41, 5.74) is -1.51. The van der Waals surface area contributed by atoms with Crippen LogP contribution < -0.4 is 15.0 Å². The summed E-state index contributed by atoms with van der Waals surface area (Å²) in [6, 6.07) is 5.34. The first-order chi connectivity index (χ1) is 22.8. The maximum Gasteiger partial charge on any atom is 0.319 e. The molecule has 11 heteroatoms. The second kappa shape index (κ2) is 10.4. The van der Waals surface area contributed by atoms with Crippen molar-refractivity contribution in [2.75, 3.05) is 37.6 Å². The number of hydrogen-bond acceptors (Lipinski definition) is 8. The number of pyridine rings is 1. The number of piperidine rings is 2. The zero-order valence-corrected chi connectivity index (χ0v) is 24.2. The van der Waals surface area contributed by atoms with Gasteiger partial charge in [-0.25, -0.2) is 13.2 Å². The number of nitrogens with zero attached hydrogens (tertiary/aromatic N) is 5. The van der Waals surface area contributed by atoms with Crippen molar-refractivity contribution in [2.45, 2.75) is 69.2 Å². The summed E-state index contributed by atoms with van der Waals surface area (Å²) in [5.74, 6) is -1.21. The van der Waals surface area contributed by atoms with Crippen molar-refractivity contribution in [3.63, 3.8) is 0 Å². The fraction of sp³-hybridized carbons (Fsp3) is 0.485. The van der Waals surface area contributed by atoms with Crippen LogP contribution in [0.4, 0.5) is 19.0 Å². The number of nitrogens with one attached hydrogen (secondary N) is 1. The molecule has 5 saturated heterocycles. The Morgan fingerprint density at radius 3 is 2.89 bits per heavy atom. The van der Waals surface area contributed by atoms with E-state index in [2.05, 4.69) is 20.3 Å². The van der Waals surface area contributed by atoms with E-state index in [4.69, 9.17) is 10.2 Å². The molecule has 5 aliphatic rings. The lowest BCUT2D eigenvalue weighted by Gasteiger charge is -2.46. The van der Waals surface area contributed by atoms with Crippen LogP contribution in [0.15, 0.2) is 30.5 Å². The minimum Gasteiger partial charge on any atom is -0.508 e. The molecule has 4 atom stereocenters. The molecule has 44 heavy (non-hydrogen) atoms. The standard InChI is InChI=1S/C33H35F3N6O2/c1-2-23-26(35)7-4-18-10-22(43)11-24(27(18)23)29-28(36)30-25(14-38-29)31(42-16-20-5-6-21(42)13-37-20)40-32(39-30)44-17-33-8-3-9-41(33)15-19(34)12-33/h4,7,10-11,14,19-21,37,43H,2-3,5-6,8-9,12-13,15-17H2,1H3/t19-,20?,21?,33+/m1/s1/i9D2,17D2. The molecule has 2 N–H and O–H groups in total. The van der Waals surface area contributed by atoms with Crippen LogP contribution in [0, 0.1) is 11.6 Å². The van der Waals surface area contributed by atoms with Gasteiger partial charge in [0.05, 0.1) is 13.7 Å². The molecule has 230 valence electrons. The van der Waals surface area contributed by atoms with Gasteiger partial charge >= 0.3 is 6.01 Å². The molecule has 0 spiro atoms. The van der Waals surface area contributed by atoms with E-state index in [9.17, 15) is 13.9 Å². The highest BCUT2D eigenvalue weighted by Gasteiger charge is 2.49. The molecule has 5 fully saturated rings. The van der Waals surface area contributed by atoms with Crippen LogP contribution in [0.1, 0.15) is 50.1 Å². The van der Waals surface area contributed by atoms with Crippen molar-refractivity contribution < 1.29 is 28.5 Å². The molecule has 2 bridgehead atoms. The maximum atomic E-state index is 17.0. The van der Waals surface area contributed by atoms with E-state index in [0.29, 0.717) is 41.7 Å². The number of phenolic OH excluding ortho intramolecular Hbond substituents is 1. The normalized spacial score (nSPS) is 29.5. The third-order valence-electron chi connectivity index (χ3n) is 9.66. The Balaban J connectivity index is 1.31. The minimum absolute atomic E-state index is 0.00184. The molecular formula is C33H35F3N6O2. The van der Waals surface area contributed by atoms with Gasteiger partial charge in [-0.1, -0.05) is 13.0 Å². The number of aryl methyl sites for hydroxylation is 1. The minimum atomic E-state index is -2.65. The number of ether oxygens (including phenoxy) is 1. The Kier molecular flexibility index (Phi) is 5.61. The number of hydrogen-bond donors (Lipinski definition) is 2. The van der Waals surface area contributed by atoms with Gasteiger partial charge in [0.1, 0.15) is 41.3 Å². The predicted molar refractivity (Wildman–Crippen MR) is 162 cm³/mol. The summed E-state index contributed by atoms with van der Waals surface area (Å²) in [6.45, 7) is -1.83. The molecule has 4 aromatic rings. The summed E-state index contributed by atoms with van der Waals surface area (Å²) in [7, 11) is 0. The SMILES string of the molecule is [2H]C1([2H])CC[C@@]2(C([2H])([2H])Oc3nc(N4CC5CCC4CN5)c4cnc(-c5cc(O)cc6ccc(F)c(CC)c56)c(F)c4n3)C[C@@H](F)CN12. The van der Waals surface area contributed by atoms with Crippen molar-refractivity contribution in [3.05, 3.63) is 47.7 Å². The molecule has 2 aromatic heterocycles. The molecule has 0 radical (unpaired) electrons. The molecule has 0 aliphatic carbocycles. The summed E-state index contributed by atoms with van der Waals surface area (Å²) in [6.07, 6.45) is 1.84. The summed E-state index contributed by atoms with van der Waals surface area (Å²) < 4.78 is 87.6. The van der Waals surface area contributed by atoms with Crippen LogP contribution in [0.5, 0.6) is 11.8 Å². The van der Waals surface area contributed by atoms with E-state index < -0.39 is 42.4 Å². The van der Waals surface area contributed by atoms with Crippen LogP contribution >= 0.6 is 0 Å². The number of fused-ring (bicyclic) bond motifs is 6. The molecular weight excluding hydrogens is 569 g/mol. The Morgan fingerprint density at radius 2 is 2.11 bits per heavy atom. The second-order valence-corrected chi connectivity index (χ2v) is 12.3. The third-order valence-corrected chi connectivity index (χ3v) is 9.66. The number of phenols is 1. The fourth-order valence-electron chi connectivity index (χ4n) is 7.53. The highest BCUT2D eigenvalue weighted by atomic mass is 19.1. The van der Waals surface area contributed by atoms with Crippen molar-refractivity contribution in [1.29, 1.82) is 0 Å². The molecule has 0 saturated carbocycles. The largest absolute Gasteiger partial charge is 0.508 e. The average Bonchev–Trinajstić information content (AvgIpc) is 3.55. The molecule has 8 nitrogen and oxygen atoms in total. The van der Waals surface area contributed by atoms with Gasteiger partial charge in [0.25, 0.3) is 0 Å². The van der Waals surface area contributed by atoms with E-state index in [0.717, 1.165) is 12.8 Å². The predicted octanol–water partition coefficient (Wildman–Crippen LogP) is 5.29. The van der Waals surface area contributed by atoms with E-state index >= 15 is 4.39 Å². The van der Waals surface area contributed by atoms with E-state index in [1.54, 1.807) is 6.92 Å². The molecule has 0 amide bonds. The summed E-state index contributed by atoms with van der Waals surface area (Å²) in [5, 5.41) is 15.2. The van der Waals surface area contributed by atoms with Crippen molar-refractivity contribution >= 4 is 27.5 Å². The number of halogens is 3. The zero-order valence-electron chi connectivity index (χ0n) is 28.2. The monoisotopic (exact) mass is 608 g/mol. The quantitative estimate of drug-likeness (QED) is 0.306. The average molecular weight is 609 g/mol. The lowest BCUT2D eigenvalue weighted by Crippen LogP contribution is -2.61. The first-order valence-corrected chi connectivity index (χ1v) is 15.2. The summed E-state index contributed by atoms with van der Waals surface area (Å²) in [4.78, 5) is 16.8. The van der Waals surface area contributed by atoms with Crippen LogP contribution in [0.3, 0.4) is 0 Å². The second-order valence-electron chi connectivity index (χ2n) is 12.3. The van der Waals surface area contributed by atoms with E-state index in [1.807, 2.05) is 4.90 Å². The Bertz CT molecular complexity index is 1960. The van der Waals surface area contributed by atoms with Gasteiger partial charge in [0.2, 0.25) is 0 Å². The van der Waals surface area contributed by atoms with Crippen molar-refractivity contribution in [3.8, 4) is 23.0 Å². The number of aromatic hydroxyl groups is 1. The first kappa shape index (κ1) is 23.7. The van der Waals surface area contributed by atoms with Crippen LogP contribution in [0.2, 0.25) is 0 Å². The van der Waals surface area contributed by atoms with Gasteiger partial charge in [0.15, 0.2) is 5.82 Å². The number of aromatic nitrogens is 3. The fourth-order valence-corrected chi connectivity index (χ4v) is 7.53. The lowest BCUT2D eigenvalue weighted by molar-refractivity contribution is 0.107. The number of benzene rings is 2. The van der Waals surface area contributed by atoms with Gasteiger partial charge in [-0.15, -0.1) is 0 Å². The van der Waals surface area contributed by atoms with E-state index in [-0.39, 0.29) is 65.8 Å². The zero-order chi connectivity index (χ0) is 33.7. The third kappa shape index (κ3) is 4.38. The van der Waals surface area contributed by atoms with Crippen molar-refractivity contribution in [1.82, 2.24) is 25.2 Å². The van der Waals surface area contributed by atoms with Gasteiger partial charge in [-0.3, -0.25) is 9.88 Å². The Morgan fingerprint density at radius 1 is 1.23 bits per heavy atom.